The Labute approximate surface area is 191 Å². The molecule has 0 saturated heterocycles. The summed E-state index contributed by atoms with van der Waals surface area (Å²) in [7, 11) is -3.52. The van der Waals surface area contributed by atoms with Crippen molar-refractivity contribution in [2.24, 2.45) is 0 Å². The first-order valence-electron chi connectivity index (χ1n) is 10.8. The number of amides is 1. The number of benzene rings is 3. The lowest BCUT2D eigenvalue weighted by Crippen LogP contribution is -2.30. The highest BCUT2D eigenvalue weighted by Gasteiger charge is 2.17. The topological polar surface area (TPSA) is 66.5 Å². The van der Waals surface area contributed by atoms with Crippen LogP contribution in [-0.4, -0.2) is 25.3 Å². The van der Waals surface area contributed by atoms with Gasteiger partial charge >= 0.3 is 0 Å². The van der Waals surface area contributed by atoms with E-state index in [4.69, 9.17) is 0 Å². The number of nitrogens with zero attached hydrogens (tertiary/aromatic N) is 1. The lowest BCUT2D eigenvalue weighted by atomic mass is 10.1. The van der Waals surface area contributed by atoms with Crippen molar-refractivity contribution >= 4 is 15.9 Å². The molecule has 1 amide bonds. The van der Waals surface area contributed by atoms with Crippen LogP contribution in [0.4, 0.5) is 0 Å². The number of carbonyl (C=O) groups excluding carboxylic acids is 1. The van der Waals surface area contributed by atoms with Crippen molar-refractivity contribution in [3.63, 3.8) is 0 Å². The minimum Gasteiger partial charge on any atom is -0.334 e. The van der Waals surface area contributed by atoms with Crippen LogP contribution in [0.5, 0.6) is 0 Å². The molecule has 0 saturated carbocycles. The van der Waals surface area contributed by atoms with Crippen molar-refractivity contribution in [1.82, 2.24) is 9.62 Å². The highest BCUT2D eigenvalue weighted by Crippen LogP contribution is 2.15. The van der Waals surface area contributed by atoms with Gasteiger partial charge in [-0.2, -0.15) is 0 Å². The van der Waals surface area contributed by atoms with Crippen LogP contribution in [0.3, 0.4) is 0 Å². The number of nitrogens with one attached hydrogen (secondary N) is 1. The molecule has 0 aromatic heterocycles. The van der Waals surface area contributed by atoms with E-state index in [1.807, 2.05) is 65.6 Å². The van der Waals surface area contributed by atoms with Crippen LogP contribution in [0.1, 0.15) is 37.0 Å². The SMILES string of the molecule is CC(C)NS(=O)(=O)c1ccc(CCC(=O)N(Cc2ccccc2)Cc2ccccc2)cc1. The summed E-state index contributed by atoms with van der Waals surface area (Å²) >= 11 is 0. The quantitative estimate of drug-likeness (QED) is 0.493. The van der Waals surface area contributed by atoms with Gasteiger partial charge in [0.1, 0.15) is 0 Å². The molecule has 0 unspecified atom stereocenters. The second-order valence-electron chi connectivity index (χ2n) is 8.14. The Balaban J connectivity index is 1.66. The van der Waals surface area contributed by atoms with E-state index in [2.05, 4.69) is 4.72 Å². The molecule has 5 nitrogen and oxygen atoms in total. The van der Waals surface area contributed by atoms with Crippen molar-refractivity contribution in [2.75, 3.05) is 0 Å². The van der Waals surface area contributed by atoms with E-state index in [1.54, 1.807) is 38.1 Å². The molecule has 3 aromatic rings. The van der Waals surface area contributed by atoms with E-state index < -0.39 is 10.0 Å². The standard InChI is InChI=1S/C26H30N2O3S/c1-21(2)27-32(30,31)25-16-13-22(14-17-25)15-18-26(29)28(19-23-9-5-3-6-10-23)20-24-11-7-4-8-12-24/h3-14,16-17,21,27H,15,18-20H2,1-2H3. The predicted molar refractivity (Wildman–Crippen MR) is 127 cm³/mol. The fraction of sp³-hybridized carbons (Fsp3) is 0.269. The van der Waals surface area contributed by atoms with Gasteiger partial charge in [-0.15, -0.1) is 0 Å². The van der Waals surface area contributed by atoms with Gasteiger partial charge in [-0.05, 0) is 49.1 Å². The first-order chi connectivity index (χ1) is 15.3. The molecule has 6 heteroatoms. The van der Waals surface area contributed by atoms with Gasteiger partial charge in [0.15, 0.2) is 0 Å². The largest absolute Gasteiger partial charge is 0.334 e. The molecular formula is C26H30N2O3S. The molecule has 0 aliphatic heterocycles. The average molecular weight is 451 g/mol. The second-order valence-corrected chi connectivity index (χ2v) is 9.85. The Kier molecular flexibility index (Phi) is 8.20. The molecule has 32 heavy (non-hydrogen) atoms. The van der Waals surface area contributed by atoms with Crippen LogP contribution in [0, 0.1) is 0 Å². The van der Waals surface area contributed by atoms with Gasteiger partial charge in [0, 0.05) is 25.6 Å². The Hall–Kier alpha value is -2.96. The van der Waals surface area contributed by atoms with E-state index in [0.29, 0.717) is 25.9 Å². The Morgan fingerprint density at radius 2 is 1.28 bits per heavy atom. The van der Waals surface area contributed by atoms with Crippen LogP contribution in [0.25, 0.3) is 0 Å². The highest BCUT2D eigenvalue weighted by molar-refractivity contribution is 7.89. The van der Waals surface area contributed by atoms with Gasteiger partial charge in [-0.3, -0.25) is 4.79 Å². The molecule has 3 aromatic carbocycles. The molecule has 0 aliphatic rings. The summed E-state index contributed by atoms with van der Waals surface area (Å²) in [5.74, 6) is 0.0656. The fourth-order valence-electron chi connectivity index (χ4n) is 3.46. The average Bonchev–Trinajstić information content (AvgIpc) is 2.78. The second kappa shape index (κ2) is 11.1. The summed E-state index contributed by atoms with van der Waals surface area (Å²) in [5.41, 5.74) is 3.11. The van der Waals surface area contributed by atoms with E-state index in [9.17, 15) is 13.2 Å². The Bertz CT molecular complexity index is 1060. The molecule has 1 N–H and O–H groups in total. The third kappa shape index (κ3) is 7.04. The van der Waals surface area contributed by atoms with Gasteiger partial charge < -0.3 is 4.90 Å². The maximum Gasteiger partial charge on any atom is 0.240 e. The Morgan fingerprint density at radius 1 is 0.781 bits per heavy atom. The van der Waals surface area contributed by atoms with Crippen molar-refractivity contribution in [1.29, 1.82) is 0 Å². The van der Waals surface area contributed by atoms with Crippen LogP contribution >= 0.6 is 0 Å². The van der Waals surface area contributed by atoms with Crippen molar-refractivity contribution < 1.29 is 13.2 Å². The summed E-state index contributed by atoms with van der Waals surface area (Å²) in [6, 6.07) is 26.5. The third-order valence-corrected chi connectivity index (χ3v) is 6.71. The van der Waals surface area contributed by atoms with Crippen molar-refractivity contribution in [2.45, 2.75) is 50.7 Å². The van der Waals surface area contributed by atoms with Crippen LogP contribution in [0.2, 0.25) is 0 Å². The molecule has 0 heterocycles. The number of sulfonamides is 1. The summed E-state index contributed by atoms with van der Waals surface area (Å²) in [4.78, 5) is 15.2. The van der Waals surface area contributed by atoms with Gasteiger partial charge in [0.05, 0.1) is 4.90 Å². The number of hydrogen-bond donors (Lipinski definition) is 1. The zero-order chi connectivity index (χ0) is 23.0. The number of hydrogen-bond acceptors (Lipinski definition) is 3. The van der Waals surface area contributed by atoms with Gasteiger partial charge in [0.2, 0.25) is 15.9 Å². The third-order valence-electron chi connectivity index (χ3n) is 5.04. The molecule has 0 radical (unpaired) electrons. The predicted octanol–water partition coefficient (Wildman–Crippen LogP) is 4.53. The lowest BCUT2D eigenvalue weighted by molar-refractivity contribution is -0.132. The van der Waals surface area contributed by atoms with Gasteiger partial charge in [0.25, 0.3) is 0 Å². The van der Waals surface area contributed by atoms with E-state index in [0.717, 1.165) is 16.7 Å². The van der Waals surface area contributed by atoms with Gasteiger partial charge in [-0.1, -0.05) is 72.8 Å². The molecule has 0 bridgehead atoms. The summed E-state index contributed by atoms with van der Waals surface area (Å²) < 4.78 is 27.1. The van der Waals surface area contributed by atoms with E-state index in [1.165, 1.54) is 0 Å². The van der Waals surface area contributed by atoms with Crippen LogP contribution in [-0.2, 0) is 34.3 Å². The molecular weight excluding hydrogens is 420 g/mol. The van der Waals surface area contributed by atoms with Crippen molar-refractivity contribution in [3.8, 4) is 0 Å². The molecule has 0 atom stereocenters. The van der Waals surface area contributed by atoms with Crippen molar-refractivity contribution in [3.05, 3.63) is 102 Å². The lowest BCUT2D eigenvalue weighted by Gasteiger charge is -2.23. The molecule has 0 fully saturated rings. The monoisotopic (exact) mass is 450 g/mol. The number of carbonyl (C=O) groups is 1. The minimum absolute atomic E-state index is 0.0656. The molecule has 0 aliphatic carbocycles. The molecule has 3 rings (SSSR count). The Morgan fingerprint density at radius 3 is 1.75 bits per heavy atom. The summed E-state index contributed by atoms with van der Waals surface area (Å²) in [5, 5.41) is 0. The number of rotatable bonds is 10. The zero-order valence-corrected chi connectivity index (χ0v) is 19.4. The molecule has 0 spiro atoms. The summed E-state index contributed by atoms with van der Waals surface area (Å²) in [6.07, 6.45) is 0.910. The highest BCUT2D eigenvalue weighted by atomic mass is 32.2. The molecule has 168 valence electrons. The minimum atomic E-state index is -3.52. The zero-order valence-electron chi connectivity index (χ0n) is 18.6. The fourth-order valence-corrected chi connectivity index (χ4v) is 4.71. The van der Waals surface area contributed by atoms with E-state index in [-0.39, 0.29) is 16.8 Å². The number of aryl methyl sites for hydroxylation is 1. The van der Waals surface area contributed by atoms with Crippen LogP contribution < -0.4 is 4.72 Å². The normalized spacial score (nSPS) is 11.5. The summed E-state index contributed by atoms with van der Waals surface area (Å²) in [6.45, 7) is 4.67. The maximum atomic E-state index is 13.1. The maximum absolute atomic E-state index is 13.1. The first-order valence-corrected chi connectivity index (χ1v) is 12.3. The van der Waals surface area contributed by atoms with Crippen LogP contribution in [0.15, 0.2) is 89.8 Å². The first kappa shape index (κ1) is 23.7. The van der Waals surface area contributed by atoms with Gasteiger partial charge in [-0.25, -0.2) is 13.1 Å². The van der Waals surface area contributed by atoms with E-state index >= 15 is 0 Å². The smallest absolute Gasteiger partial charge is 0.240 e.